The van der Waals surface area contributed by atoms with Crippen LogP contribution in [-0.2, 0) is 0 Å². The van der Waals surface area contributed by atoms with Crippen LogP contribution in [0.4, 0.5) is 11.6 Å². The molecular weight excluding hydrogens is 280 g/mol. The van der Waals surface area contributed by atoms with Crippen molar-refractivity contribution >= 4 is 27.6 Å². The maximum atomic E-state index is 4.45. The molecular formula is C12H19BrN4. The molecule has 1 N–H and O–H groups in total. The van der Waals surface area contributed by atoms with Crippen molar-refractivity contribution in [2.45, 2.75) is 45.2 Å². The molecule has 1 aliphatic heterocycles. The summed E-state index contributed by atoms with van der Waals surface area (Å²) >= 11 is 3.61. The van der Waals surface area contributed by atoms with Gasteiger partial charge in [0.2, 0.25) is 0 Å². The minimum atomic E-state index is 0.552. The first-order chi connectivity index (χ1) is 8.19. The van der Waals surface area contributed by atoms with E-state index in [9.17, 15) is 0 Å². The van der Waals surface area contributed by atoms with Crippen LogP contribution in [0.5, 0.6) is 0 Å². The summed E-state index contributed by atoms with van der Waals surface area (Å²) in [4.78, 5) is 11.1. The molecule has 0 saturated carbocycles. The van der Waals surface area contributed by atoms with Gasteiger partial charge in [-0.05, 0) is 42.1 Å². The molecule has 17 heavy (non-hydrogen) atoms. The van der Waals surface area contributed by atoms with Crippen molar-refractivity contribution < 1.29 is 0 Å². The monoisotopic (exact) mass is 298 g/mol. The van der Waals surface area contributed by atoms with E-state index in [0.717, 1.165) is 22.5 Å². The number of aromatic nitrogens is 2. The van der Waals surface area contributed by atoms with Crippen LogP contribution < -0.4 is 10.2 Å². The lowest BCUT2D eigenvalue weighted by molar-refractivity contribution is 0.619. The van der Waals surface area contributed by atoms with Crippen molar-refractivity contribution in [3.63, 3.8) is 0 Å². The zero-order valence-electron chi connectivity index (χ0n) is 10.6. The molecule has 1 aromatic heterocycles. The smallest absolute Gasteiger partial charge is 0.149 e. The molecule has 1 aromatic rings. The summed E-state index contributed by atoms with van der Waals surface area (Å²) in [5, 5.41) is 3.08. The number of anilines is 2. The van der Waals surface area contributed by atoms with Crippen LogP contribution in [-0.4, -0.2) is 29.1 Å². The summed E-state index contributed by atoms with van der Waals surface area (Å²) in [6, 6.07) is 1.15. The van der Waals surface area contributed by atoms with E-state index in [-0.39, 0.29) is 0 Å². The third-order valence-corrected chi connectivity index (χ3v) is 4.24. The standard InChI is InChI=1S/C12H19BrN4/c1-4-9-6-5-8(2)17(9)12-10(13)11(14-3)15-7-16-12/h7-9H,4-6H2,1-3H3,(H,14,15,16). The van der Waals surface area contributed by atoms with Gasteiger partial charge in [0.05, 0.1) is 0 Å². The van der Waals surface area contributed by atoms with Gasteiger partial charge in [-0.2, -0.15) is 0 Å². The van der Waals surface area contributed by atoms with Crippen LogP contribution in [0.25, 0.3) is 0 Å². The van der Waals surface area contributed by atoms with E-state index in [1.807, 2.05) is 7.05 Å². The number of nitrogens with one attached hydrogen (secondary N) is 1. The van der Waals surface area contributed by atoms with Gasteiger partial charge in [-0.15, -0.1) is 0 Å². The number of hydrogen-bond acceptors (Lipinski definition) is 4. The zero-order chi connectivity index (χ0) is 12.4. The first kappa shape index (κ1) is 12.6. The van der Waals surface area contributed by atoms with Gasteiger partial charge in [0.25, 0.3) is 0 Å². The molecule has 1 saturated heterocycles. The Morgan fingerprint density at radius 1 is 1.47 bits per heavy atom. The van der Waals surface area contributed by atoms with Gasteiger partial charge in [-0.25, -0.2) is 9.97 Å². The Morgan fingerprint density at radius 3 is 2.88 bits per heavy atom. The van der Waals surface area contributed by atoms with Crippen LogP contribution >= 0.6 is 15.9 Å². The molecule has 2 atom stereocenters. The van der Waals surface area contributed by atoms with E-state index in [1.165, 1.54) is 12.8 Å². The lowest BCUT2D eigenvalue weighted by atomic mass is 10.1. The van der Waals surface area contributed by atoms with Gasteiger partial charge in [0.15, 0.2) is 0 Å². The van der Waals surface area contributed by atoms with E-state index in [1.54, 1.807) is 6.33 Å². The minimum absolute atomic E-state index is 0.552. The van der Waals surface area contributed by atoms with Crippen LogP contribution in [0, 0.1) is 0 Å². The van der Waals surface area contributed by atoms with E-state index in [2.05, 4.69) is 50.0 Å². The average Bonchev–Trinajstić information content (AvgIpc) is 2.71. The zero-order valence-corrected chi connectivity index (χ0v) is 12.2. The Morgan fingerprint density at radius 2 is 2.24 bits per heavy atom. The summed E-state index contributed by atoms with van der Waals surface area (Å²) in [6.45, 7) is 4.51. The predicted octanol–water partition coefficient (Wildman–Crippen LogP) is 3.05. The quantitative estimate of drug-likeness (QED) is 0.931. The van der Waals surface area contributed by atoms with Gasteiger partial charge in [-0.3, -0.25) is 0 Å². The molecule has 4 nitrogen and oxygen atoms in total. The van der Waals surface area contributed by atoms with Crippen LogP contribution in [0.2, 0.25) is 0 Å². The maximum Gasteiger partial charge on any atom is 0.149 e. The van der Waals surface area contributed by atoms with E-state index in [4.69, 9.17) is 0 Å². The van der Waals surface area contributed by atoms with Crippen LogP contribution in [0.1, 0.15) is 33.1 Å². The SMILES string of the molecule is CCC1CCC(C)N1c1ncnc(NC)c1Br. The highest BCUT2D eigenvalue weighted by Crippen LogP contribution is 2.37. The van der Waals surface area contributed by atoms with Crippen molar-refractivity contribution in [1.29, 1.82) is 0 Å². The predicted molar refractivity (Wildman–Crippen MR) is 74.5 cm³/mol. The molecule has 2 heterocycles. The molecule has 5 heteroatoms. The topological polar surface area (TPSA) is 41.1 Å². The summed E-state index contributed by atoms with van der Waals surface area (Å²) in [5.41, 5.74) is 0. The third kappa shape index (κ3) is 2.25. The molecule has 0 radical (unpaired) electrons. The van der Waals surface area contributed by atoms with Gasteiger partial charge in [-0.1, -0.05) is 6.92 Å². The van der Waals surface area contributed by atoms with Crippen molar-refractivity contribution in [3.05, 3.63) is 10.8 Å². The molecule has 0 aliphatic carbocycles. The molecule has 94 valence electrons. The highest BCUT2D eigenvalue weighted by molar-refractivity contribution is 9.10. The lowest BCUT2D eigenvalue weighted by Crippen LogP contribution is -2.35. The molecule has 0 amide bonds. The Labute approximate surface area is 111 Å². The molecule has 0 spiro atoms. The highest BCUT2D eigenvalue weighted by atomic mass is 79.9. The van der Waals surface area contributed by atoms with Gasteiger partial charge < -0.3 is 10.2 Å². The molecule has 1 aliphatic rings. The maximum absolute atomic E-state index is 4.45. The number of halogens is 1. The Kier molecular flexibility index (Phi) is 3.86. The molecule has 2 rings (SSSR count). The average molecular weight is 299 g/mol. The van der Waals surface area contributed by atoms with Crippen molar-refractivity contribution in [2.24, 2.45) is 0 Å². The van der Waals surface area contributed by atoms with E-state index in [0.29, 0.717) is 12.1 Å². The third-order valence-electron chi connectivity index (χ3n) is 3.51. The van der Waals surface area contributed by atoms with Crippen LogP contribution in [0.3, 0.4) is 0 Å². The molecule has 0 aromatic carbocycles. The van der Waals surface area contributed by atoms with E-state index < -0.39 is 0 Å². The summed E-state index contributed by atoms with van der Waals surface area (Å²) in [7, 11) is 1.88. The number of nitrogens with zero attached hydrogens (tertiary/aromatic N) is 3. The first-order valence-corrected chi connectivity index (χ1v) is 6.94. The Hall–Kier alpha value is -0.840. The van der Waals surface area contributed by atoms with Crippen molar-refractivity contribution in [1.82, 2.24) is 9.97 Å². The van der Waals surface area contributed by atoms with Gasteiger partial charge in [0, 0.05) is 19.1 Å². The van der Waals surface area contributed by atoms with Gasteiger partial charge >= 0.3 is 0 Å². The van der Waals surface area contributed by atoms with Crippen LogP contribution in [0.15, 0.2) is 10.8 Å². The second kappa shape index (κ2) is 5.21. The second-order valence-corrected chi connectivity index (χ2v) is 5.30. The van der Waals surface area contributed by atoms with Crippen molar-refractivity contribution in [2.75, 3.05) is 17.3 Å². The minimum Gasteiger partial charge on any atom is -0.372 e. The second-order valence-electron chi connectivity index (χ2n) is 4.51. The summed E-state index contributed by atoms with van der Waals surface area (Å²) < 4.78 is 0.967. The number of hydrogen-bond donors (Lipinski definition) is 1. The fourth-order valence-electron chi connectivity index (χ4n) is 2.57. The Balaban J connectivity index is 2.38. The Bertz CT molecular complexity index is 396. The number of rotatable bonds is 3. The summed E-state index contributed by atoms with van der Waals surface area (Å²) in [5.74, 6) is 1.87. The highest BCUT2D eigenvalue weighted by Gasteiger charge is 2.32. The van der Waals surface area contributed by atoms with Gasteiger partial charge in [0.1, 0.15) is 22.4 Å². The molecule has 1 fully saturated rings. The largest absolute Gasteiger partial charge is 0.372 e. The van der Waals surface area contributed by atoms with E-state index >= 15 is 0 Å². The normalized spacial score (nSPS) is 24.1. The fraction of sp³-hybridized carbons (Fsp3) is 0.667. The lowest BCUT2D eigenvalue weighted by Gasteiger charge is -2.30. The molecule has 0 bridgehead atoms. The first-order valence-electron chi connectivity index (χ1n) is 6.15. The fourth-order valence-corrected chi connectivity index (χ4v) is 3.18. The molecule has 2 unspecified atom stereocenters. The van der Waals surface area contributed by atoms with Crippen molar-refractivity contribution in [3.8, 4) is 0 Å². The summed E-state index contributed by atoms with van der Waals surface area (Å²) in [6.07, 6.45) is 5.28.